The molecule has 4 nitrogen and oxygen atoms in total. The maximum Gasteiger partial charge on any atom is 0.304 e. The van der Waals surface area contributed by atoms with Gasteiger partial charge in [0.1, 0.15) is 5.76 Å². The second-order valence-electron chi connectivity index (χ2n) is 3.80. The molecule has 0 spiro atoms. The van der Waals surface area contributed by atoms with E-state index in [1.165, 1.54) is 0 Å². The van der Waals surface area contributed by atoms with Crippen molar-refractivity contribution < 1.29 is 14.3 Å². The van der Waals surface area contributed by atoms with E-state index in [2.05, 4.69) is 4.90 Å². The van der Waals surface area contributed by atoms with Gasteiger partial charge in [-0.25, -0.2) is 0 Å². The van der Waals surface area contributed by atoms with Crippen LogP contribution >= 0.6 is 0 Å². The van der Waals surface area contributed by atoms with Gasteiger partial charge in [0.2, 0.25) is 0 Å². The molecule has 0 aliphatic rings. The lowest BCUT2D eigenvalue weighted by atomic mass is 10.1. The van der Waals surface area contributed by atoms with E-state index in [1.807, 2.05) is 26.0 Å². The highest BCUT2D eigenvalue weighted by Crippen LogP contribution is 2.13. The molecule has 0 saturated carbocycles. The summed E-state index contributed by atoms with van der Waals surface area (Å²) < 4.78 is 5.28. The molecule has 1 atom stereocenters. The summed E-state index contributed by atoms with van der Waals surface area (Å²) in [6.07, 6.45) is 2.66. The summed E-state index contributed by atoms with van der Waals surface area (Å²) in [6, 6.07) is 3.84. The van der Waals surface area contributed by atoms with E-state index in [-0.39, 0.29) is 12.5 Å². The number of hydrogen-bond acceptors (Lipinski definition) is 3. The smallest absolute Gasteiger partial charge is 0.304 e. The Balaban J connectivity index is 2.60. The summed E-state index contributed by atoms with van der Waals surface area (Å²) in [5.41, 5.74) is 0. The van der Waals surface area contributed by atoms with Gasteiger partial charge in [-0.1, -0.05) is 13.8 Å². The van der Waals surface area contributed by atoms with Gasteiger partial charge in [0.25, 0.3) is 0 Å². The normalized spacial score (nSPS) is 12.9. The number of carboxylic acids is 1. The van der Waals surface area contributed by atoms with Crippen LogP contribution in [0.2, 0.25) is 0 Å². The molecule has 0 saturated heterocycles. The summed E-state index contributed by atoms with van der Waals surface area (Å²) in [7, 11) is 0. The Kier molecular flexibility index (Phi) is 5.05. The van der Waals surface area contributed by atoms with E-state index in [1.54, 1.807) is 6.26 Å². The number of carbonyl (C=O) groups is 1. The lowest BCUT2D eigenvalue weighted by Crippen LogP contribution is -2.35. The van der Waals surface area contributed by atoms with Crippen LogP contribution in [0.5, 0.6) is 0 Å². The summed E-state index contributed by atoms with van der Waals surface area (Å²) in [5.74, 6) is 0.135. The molecule has 16 heavy (non-hydrogen) atoms. The fourth-order valence-electron chi connectivity index (χ4n) is 1.84. The zero-order valence-electron chi connectivity index (χ0n) is 9.85. The van der Waals surface area contributed by atoms with E-state index < -0.39 is 5.97 Å². The Morgan fingerprint density at radius 1 is 1.56 bits per heavy atom. The van der Waals surface area contributed by atoms with Gasteiger partial charge in [-0.2, -0.15) is 0 Å². The number of hydrogen-bond donors (Lipinski definition) is 1. The van der Waals surface area contributed by atoms with Crippen LogP contribution in [0.1, 0.15) is 32.4 Å². The third-order valence-corrected chi connectivity index (χ3v) is 2.74. The Labute approximate surface area is 95.9 Å². The SMILES string of the molecule is CCC(CC(=O)O)N(CC)Cc1ccco1. The van der Waals surface area contributed by atoms with Crippen molar-refractivity contribution in [3.05, 3.63) is 24.2 Å². The van der Waals surface area contributed by atoms with Gasteiger partial charge in [-0.3, -0.25) is 9.69 Å². The van der Waals surface area contributed by atoms with Gasteiger partial charge in [-0.05, 0) is 25.1 Å². The lowest BCUT2D eigenvalue weighted by Gasteiger charge is -2.27. The third-order valence-electron chi connectivity index (χ3n) is 2.74. The van der Waals surface area contributed by atoms with Crippen LogP contribution in [0, 0.1) is 0 Å². The highest BCUT2D eigenvalue weighted by atomic mass is 16.4. The number of furan rings is 1. The van der Waals surface area contributed by atoms with Crippen molar-refractivity contribution in [2.75, 3.05) is 6.54 Å². The van der Waals surface area contributed by atoms with E-state index in [0.29, 0.717) is 6.54 Å². The second-order valence-corrected chi connectivity index (χ2v) is 3.80. The van der Waals surface area contributed by atoms with Crippen LogP contribution in [-0.2, 0) is 11.3 Å². The van der Waals surface area contributed by atoms with Crippen molar-refractivity contribution in [3.63, 3.8) is 0 Å². The molecule has 1 unspecified atom stereocenters. The molecule has 0 radical (unpaired) electrons. The molecule has 1 rings (SSSR count). The molecule has 1 heterocycles. The Morgan fingerprint density at radius 3 is 2.75 bits per heavy atom. The van der Waals surface area contributed by atoms with Crippen molar-refractivity contribution >= 4 is 5.97 Å². The Bertz CT molecular complexity index is 308. The molecule has 1 aromatic rings. The fraction of sp³-hybridized carbons (Fsp3) is 0.583. The second kappa shape index (κ2) is 6.33. The molecular formula is C12H19NO3. The molecule has 0 aliphatic carbocycles. The van der Waals surface area contributed by atoms with Crippen molar-refractivity contribution in [2.45, 2.75) is 39.3 Å². The van der Waals surface area contributed by atoms with Crippen LogP contribution in [-0.4, -0.2) is 28.6 Å². The molecule has 0 aromatic carbocycles. The monoisotopic (exact) mass is 225 g/mol. The maximum atomic E-state index is 10.7. The van der Waals surface area contributed by atoms with E-state index in [0.717, 1.165) is 18.7 Å². The molecule has 1 aromatic heterocycles. The van der Waals surface area contributed by atoms with Gasteiger partial charge < -0.3 is 9.52 Å². The first-order chi connectivity index (χ1) is 7.67. The van der Waals surface area contributed by atoms with Crippen molar-refractivity contribution in [1.29, 1.82) is 0 Å². The van der Waals surface area contributed by atoms with Crippen LogP contribution < -0.4 is 0 Å². The average molecular weight is 225 g/mol. The van der Waals surface area contributed by atoms with E-state index in [4.69, 9.17) is 9.52 Å². The van der Waals surface area contributed by atoms with Gasteiger partial charge in [0.05, 0.1) is 19.2 Å². The Hall–Kier alpha value is -1.29. The molecule has 0 amide bonds. The van der Waals surface area contributed by atoms with Gasteiger partial charge in [-0.15, -0.1) is 0 Å². The first-order valence-corrected chi connectivity index (χ1v) is 5.65. The number of aliphatic carboxylic acids is 1. The van der Waals surface area contributed by atoms with Crippen molar-refractivity contribution in [2.24, 2.45) is 0 Å². The summed E-state index contributed by atoms with van der Waals surface area (Å²) >= 11 is 0. The van der Waals surface area contributed by atoms with Crippen LogP contribution in [0.15, 0.2) is 22.8 Å². The third kappa shape index (κ3) is 3.70. The summed E-state index contributed by atoms with van der Waals surface area (Å²) in [6.45, 7) is 5.55. The highest BCUT2D eigenvalue weighted by molar-refractivity contribution is 5.67. The topological polar surface area (TPSA) is 53.7 Å². The standard InChI is InChI=1S/C12H19NO3/c1-3-10(8-12(14)15)13(4-2)9-11-6-5-7-16-11/h5-7,10H,3-4,8-9H2,1-2H3,(H,14,15). The number of nitrogens with zero attached hydrogens (tertiary/aromatic N) is 1. The zero-order chi connectivity index (χ0) is 12.0. The fourth-order valence-corrected chi connectivity index (χ4v) is 1.84. The first kappa shape index (κ1) is 12.8. The van der Waals surface area contributed by atoms with Crippen molar-refractivity contribution in [3.8, 4) is 0 Å². The minimum absolute atomic E-state index is 0.0765. The maximum absolute atomic E-state index is 10.7. The number of rotatable bonds is 7. The van der Waals surface area contributed by atoms with Crippen LogP contribution in [0.25, 0.3) is 0 Å². The van der Waals surface area contributed by atoms with E-state index >= 15 is 0 Å². The molecular weight excluding hydrogens is 206 g/mol. The predicted molar refractivity (Wildman–Crippen MR) is 61.1 cm³/mol. The summed E-state index contributed by atoms with van der Waals surface area (Å²) in [4.78, 5) is 12.9. The minimum Gasteiger partial charge on any atom is -0.481 e. The van der Waals surface area contributed by atoms with Crippen LogP contribution in [0.3, 0.4) is 0 Å². The molecule has 0 bridgehead atoms. The molecule has 90 valence electrons. The van der Waals surface area contributed by atoms with Crippen LogP contribution in [0.4, 0.5) is 0 Å². The Morgan fingerprint density at radius 2 is 2.31 bits per heavy atom. The summed E-state index contributed by atoms with van der Waals surface area (Å²) in [5, 5.41) is 8.84. The van der Waals surface area contributed by atoms with Gasteiger partial charge >= 0.3 is 5.97 Å². The minimum atomic E-state index is -0.746. The molecule has 1 N–H and O–H groups in total. The highest BCUT2D eigenvalue weighted by Gasteiger charge is 2.19. The van der Waals surface area contributed by atoms with E-state index in [9.17, 15) is 4.79 Å². The van der Waals surface area contributed by atoms with Gasteiger partial charge in [0, 0.05) is 6.04 Å². The zero-order valence-corrected chi connectivity index (χ0v) is 9.85. The predicted octanol–water partition coefficient (Wildman–Crippen LogP) is 2.35. The average Bonchev–Trinajstić information content (AvgIpc) is 2.75. The van der Waals surface area contributed by atoms with Crippen molar-refractivity contribution in [1.82, 2.24) is 4.90 Å². The van der Waals surface area contributed by atoms with Gasteiger partial charge in [0.15, 0.2) is 0 Å². The molecule has 0 fully saturated rings. The quantitative estimate of drug-likeness (QED) is 0.774. The first-order valence-electron chi connectivity index (χ1n) is 5.65. The molecule has 0 aliphatic heterocycles. The lowest BCUT2D eigenvalue weighted by molar-refractivity contribution is -0.138. The largest absolute Gasteiger partial charge is 0.481 e. The number of carboxylic acid groups (broad SMARTS) is 1. The molecule has 4 heteroatoms.